The Morgan fingerprint density at radius 2 is 1.78 bits per heavy atom. The number of fused-ring (bicyclic) bond motifs is 1. The molecule has 0 saturated carbocycles. The fraction of sp³-hybridized carbons (Fsp3) is 0.0500. The van der Waals surface area contributed by atoms with Crippen LogP contribution in [0.3, 0.4) is 0 Å². The van der Waals surface area contributed by atoms with E-state index in [0.717, 1.165) is 6.07 Å². The molecule has 0 amide bonds. The summed E-state index contributed by atoms with van der Waals surface area (Å²) < 4.78 is 47.2. The number of anilines is 1. The Kier molecular flexibility index (Phi) is 3.99. The number of nitrogens with zero attached hydrogens (tertiary/aromatic N) is 1. The first-order valence-electron chi connectivity index (χ1n) is 8.04. The van der Waals surface area contributed by atoms with Crippen LogP contribution in [0.15, 0.2) is 48.8 Å². The van der Waals surface area contributed by atoms with Gasteiger partial charge in [0.2, 0.25) is 0 Å². The van der Waals surface area contributed by atoms with Crippen LogP contribution in [0.4, 0.5) is 18.9 Å². The van der Waals surface area contributed by atoms with Crippen molar-refractivity contribution in [2.75, 3.05) is 12.8 Å². The number of aromatic nitrogens is 2. The number of hydrogen-bond donors (Lipinski definition) is 2. The Hall–Kier alpha value is -3.48. The molecule has 0 radical (unpaired) electrons. The predicted molar refractivity (Wildman–Crippen MR) is 97.8 cm³/mol. The number of rotatable bonds is 3. The molecule has 0 unspecified atom stereocenters. The van der Waals surface area contributed by atoms with Crippen molar-refractivity contribution in [2.45, 2.75) is 0 Å². The lowest BCUT2D eigenvalue weighted by molar-refractivity contribution is 0.386. The van der Waals surface area contributed by atoms with Crippen molar-refractivity contribution in [3.05, 3.63) is 66.2 Å². The number of pyridine rings is 1. The topological polar surface area (TPSA) is 63.9 Å². The lowest BCUT2D eigenvalue weighted by atomic mass is 10.0. The molecule has 0 atom stereocenters. The Labute approximate surface area is 152 Å². The number of methoxy groups -OCH3 is 1. The van der Waals surface area contributed by atoms with Crippen molar-refractivity contribution in [3.63, 3.8) is 0 Å². The molecular formula is C20H14F3N3O. The maximum absolute atomic E-state index is 14.2. The monoisotopic (exact) mass is 369 g/mol. The second kappa shape index (κ2) is 6.35. The van der Waals surface area contributed by atoms with Crippen LogP contribution in [0, 0.1) is 17.5 Å². The zero-order valence-corrected chi connectivity index (χ0v) is 14.2. The summed E-state index contributed by atoms with van der Waals surface area (Å²) in [5, 5.41) is 0.567. The lowest BCUT2D eigenvalue weighted by Gasteiger charge is -2.10. The second-order valence-electron chi connectivity index (χ2n) is 6.03. The van der Waals surface area contributed by atoms with Crippen molar-refractivity contribution in [3.8, 4) is 28.0 Å². The van der Waals surface area contributed by atoms with Gasteiger partial charge in [-0.15, -0.1) is 0 Å². The third-order valence-corrected chi connectivity index (χ3v) is 4.34. The van der Waals surface area contributed by atoms with Gasteiger partial charge >= 0.3 is 0 Å². The van der Waals surface area contributed by atoms with E-state index < -0.39 is 17.5 Å². The van der Waals surface area contributed by atoms with Crippen LogP contribution in [0.5, 0.6) is 5.75 Å². The third-order valence-electron chi connectivity index (χ3n) is 4.34. The number of H-pyrrole nitrogens is 1. The molecule has 0 aliphatic rings. The first kappa shape index (κ1) is 17.0. The van der Waals surface area contributed by atoms with E-state index in [0.29, 0.717) is 27.8 Å². The molecule has 27 heavy (non-hydrogen) atoms. The summed E-state index contributed by atoms with van der Waals surface area (Å²) in [6.45, 7) is 0. The van der Waals surface area contributed by atoms with Crippen molar-refractivity contribution < 1.29 is 17.9 Å². The van der Waals surface area contributed by atoms with Crippen LogP contribution in [0.1, 0.15) is 0 Å². The van der Waals surface area contributed by atoms with E-state index in [4.69, 9.17) is 10.5 Å². The Morgan fingerprint density at radius 1 is 0.963 bits per heavy atom. The predicted octanol–water partition coefficient (Wildman–Crippen LogP) is 4.91. The Morgan fingerprint density at radius 3 is 2.56 bits per heavy atom. The first-order chi connectivity index (χ1) is 13.0. The van der Waals surface area contributed by atoms with Gasteiger partial charge in [-0.1, -0.05) is 0 Å². The van der Waals surface area contributed by atoms with Gasteiger partial charge in [-0.3, -0.25) is 0 Å². The molecule has 7 heteroatoms. The van der Waals surface area contributed by atoms with E-state index in [-0.39, 0.29) is 16.9 Å². The zero-order valence-electron chi connectivity index (χ0n) is 14.2. The average molecular weight is 369 g/mol. The number of nitrogen functional groups attached to an aromatic ring is 1. The van der Waals surface area contributed by atoms with E-state index in [2.05, 4.69) is 9.97 Å². The number of ether oxygens (including phenoxy) is 1. The molecular weight excluding hydrogens is 355 g/mol. The van der Waals surface area contributed by atoms with E-state index in [1.807, 2.05) is 0 Å². The van der Waals surface area contributed by atoms with Crippen molar-refractivity contribution in [1.29, 1.82) is 0 Å². The van der Waals surface area contributed by atoms with Crippen LogP contribution < -0.4 is 10.5 Å². The fourth-order valence-electron chi connectivity index (χ4n) is 3.11. The highest BCUT2D eigenvalue weighted by Gasteiger charge is 2.18. The quantitative estimate of drug-likeness (QED) is 0.505. The van der Waals surface area contributed by atoms with Gasteiger partial charge in [0.25, 0.3) is 0 Å². The number of nitrogens with two attached hydrogens (primary N) is 1. The van der Waals surface area contributed by atoms with Gasteiger partial charge in [0, 0.05) is 51.8 Å². The molecule has 4 nitrogen and oxygen atoms in total. The minimum absolute atomic E-state index is 0.0853. The zero-order chi connectivity index (χ0) is 19.1. The standard InChI is InChI=1S/C20H14F3N3O/c1-27-19-14(5-11(21)6-18(19)23)16-9-26-20-15(16)4-10(8-25-20)13-7-12(24)2-3-17(13)22/h2-9H,24H2,1H3,(H,25,26). The molecule has 4 rings (SSSR count). The van der Waals surface area contributed by atoms with E-state index in [9.17, 15) is 13.2 Å². The van der Waals surface area contributed by atoms with Crippen LogP contribution in [-0.4, -0.2) is 17.1 Å². The summed E-state index contributed by atoms with van der Waals surface area (Å²) in [4.78, 5) is 7.24. The highest BCUT2D eigenvalue weighted by Crippen LogP contribution is 2.38. The number of nitrogens with one attached hydrogen (secondary N) is 1. The SMILES string of the molecule is COc1c(F)cc(F)cc1-c1c[nH]c2ncc(-c3cc(N)ccc3F)cc12. The van der Waals surface area contributed by atoms with E-state index in [1.165, 1.54) is 37.6 Å². The fourth-order valence-corrected chi connectivity index (χ4v) is 3.11. The highest BCUT2D eigenvalue weighted by atomic mass is 19.1. The summed E-state index contributed by atoms with van der Waals surface area (Å²) in [6.07, 6.45) is 3.08. The summed E-state index contributed by atoms with van der Waals surface area (Å²) in [5.41, 5.74) is 8.15. The van der Waals surface area contributed by atoms with Crippen molar-refractivity contribution >= 4 is 16.7 Å². The summed E-state index contributed by atoms with van der Waals surface area (Å²) in [6, 6.07) is 7.87. The average Bonchev–Trinajstić information content (AvgIpc) is 3.06. The molecule has 0 fully saturated rings. The molecule has 3 N–H and O–H groups in total. The molecule has 0 bridgehead atoms. The normalized spacial score (nSPS) is 11.1. The molecule has 2 aromatic carbocycles. The van der Waals surface area contributed by atoms with Crippen LogP contribution >= 0.6 is 0 Å². The van der Waals surface area contributed by atoms with Crippen molar-refractivity contribution in [2.24, 2.45) is 0 Å². The Bertz CT molecular complexity index is 1170. The first-order valence-corrected chi connectivity index (χ1v) is 8.04. The van der Waals surface area contributed by atoms with Gasteiger partial charge in [0.1, 0.15) is 17.3 Å². The molecule has 0 aliphatic carbocycles. The smallest absolute Gasteiger partial charge is 0.168 e. The van der Waals surface area contributed by atoms with Crippen LogP contribution in [0.25, 0.3) is 33.3 Å². The highest BCUT2D eigenvalue weighted by molar-refractivity contribution is 5.97. The molecule has 0 saturated heterocycles. The molecule has 136 valence electrons. The van der Waals surface area contributed by atoms with E-state index in [1.54, 1.807) is 12.3 Å². The Balaban J connectivity index is 1.96. The van der Waals surface area contributed by atoms with Crippen LogP contribution in [-0.2, 0) is 0 Å². The minimum atomic E-state index is -0.812. The van der Waals surface area contributed by atoms with Crippen LogP contribution in [0.2, 0.25) is 0 Å². The van der Waals surface area contributed by atoms with Gasteiger partial charge in [-0.25, -0.2) is 18.2 Å². The lowest BCUT2D eigenvalue weighted by Crippen LogP contribution is -1.94. The molecule has 0 spiro atoms. The minimum Gasteiger partial charge on any atom is -0.493 e. The van der Waals surface area contributed by atoms with Gasteiger partial charge in [-0.2, -0.15) is 0 Å². The second-order valence-corrected chi connectivity index (χ2v) is 6.03. The number of aromatic amines is 1. The number of hydrogen-bond acceptors (Lipinski definition) is 3. The van der Waals surface area contributed by atoms with Gasteiger partial charge in [0.05, 0.1) is 7.11 Å². The largest absolute Gasteiger partial charge is 0.493 e. The molecule has 4 aromatic rings. The number of benzene rings is 2. The maximum atomic E-state index is 14.2. The summed E-state index contributed by atoms with van der Waals surface area (Å²) >= 11 is 0. The maximum Gasteiger partial charge on any atom is 0.168 e. The summed E-state index contributed by atoms with van der Waals surface area (Å²) in [5.74, 6) is -2.08. The number of halogens is 3. The van der Waals surface area contributed by atoms with Crippen molar-refractivity contribution in [1.82, 2.24) is 9.97 Å². The van der Waals surface area contributed by atoms with E-state index >= 15 is 0 Å². The van der Waals surface area contributed by atoms with Gasteiger partial charge in [-0.05, 0) is 30.3 Å². The molecule has 2 heterocycles. The van der Waals surface area contributed by atoms with Gasteiger partial charge < -0.3 is 15.5 Å². The molecule has 2 aromatic heterocycles. The third kappa shape index (κ3) is 2.87. The molecule has 0 aliphatic heterocycles. The van der Waals surface area contributed by atoms with Gasteiger partial charge in [0.15, 0.2) is 11.6 Å². The summed E-state index contributed by atoms with van der Waals surface area (Å²) in [7, 11) is 1.31.